The van der Waals surface area contributed by atoms with Crippen LogP contribution in [0.25, 0.3) is 0 Å². The number of carbonyl (C=O) groups excluding carboxylic acids is 1. The van der Waals surface area contributed by atoms with E-state index in [9.17, 15) is 23.3 Å². The van der Waals surface area contributed by atoms with Crippen LogP contribution < -0.4 is 5.32 Å². The summed E-state index contributed by atoms with van der Waals surface area (Å²) in [5, 5.41) is 13.5. The van der Waals surface area contributed by atoms with E-state index in [-0.39, 0.29) is 21.8 Å². The van der Waals surface area contributed by atoms with Gasteiger partial charge in [-0.1, -0.05) is 19.1 Å². The fourth-order valence-electron chi connectivity index (χ4n) is 3.28. The summed E-state index contributed by atoms with van der Waals surface area (Å²) < 4.78 is 27.4. The third kappa shape index (κ3) is 4.63. The van der Waals surface area contributed by atoms with E-state index in [0.717, 1.165) is 12.8 Å². The van der Waals surface area contributed by atoms with Crippen LogP contribution in [-0.4, -0.2) is 36.6 Å². The lowest BCUT2D eigenvalue weighted by atomic mass is 10.0. The Bertz CT molecular complexity index is 1040. The molecule has 0 saturated carbocycles. The van der Waals surface area contributed by atoms with Crippen LogP contribution in [0.1, 0.15) is 35.7 Å². The van der Waals surface area contributed by atoms with Crippen LogP contribution >= 0.6 is 0 Å². The molecule has 0 radical (unpaired) electrons. The molecule has 1 fully saturated rings. The SMILES string of the molecule is Cc1ccc(S(=O)(=O)N2CCC(C)CC2)cc1C(=O)Nc1cccc([N+](=O)[O-])c1. The van der Waals surface area contributed by atoms with Gasteiger partial charge in [-0.3, -0.25) is 14.9 Å². The molecule has 2 aromatic rings. The molecule has 0 spiro atoms. The Morgan fingerprint density at radius 3 is 2.52 bits per heavy atom. The highest BCUT2D eigenvalue weighted by Crippen LogP contribution is 2.25. The molecule has 0 unspecified atom stereocenters. The molecule has 0 bridgehead atoms. The van der Waals surface area contributed by atoms with E-state index < -0.39 is 20.9 Å². The highest BCUT2D eigenvalue weighted by molar-refractivity contribution is 7.89. The molecule has 1 aliphatic heterocycles. The molecule has 0 aromatic heterocycles. The average Bonchev–Trinajstić information content (AvgIpc) is 2.68. The molecule has 0 atom stereocenters. The number of anilines is 1. The fourth-order valence-corrected chi connectivity index (χ4v) is 4.77. The number of non-ortho nitro benzene ring substituents is 1. The van der Waals surface area contributed by atoms with E-state index in [2.05, 4.69) is 12.2 Å². The van der Waals surface area contributed by atoms with Crippen LogP contribution in [0.5, 0.6) is 0 Å². The molecule has 0 aliphatic carbocycles. The molecule has 1 N–H and O–H groups in total. The number of nitro benzene ring substituents is 1. The standard InChI is InChI=1S/C20H23N3O5S/c1-14-8-10-22(11-9-14)29(27,28)18-7-6-15(2)19(13-18)20(24)21-16-4-3-5-17(12-16)23(25)26/h3-7,12-14H,8-11H2,1-2H3,(H,21,24). The molecule has 9 heteroatoms. The molecular weight excluding hydrogens is 394 g/mol. The molecule has 2 aromatic carbocycles. The van der Waals surface area contributed by atoms with E-state index in [4.69, 9.17) is 0 Å². The van der Waals surface area contributed by atoms with Crippen LogP contribution in [0, 0.1) is 23.0 Å². The first-order valence-electron chi connectivity index (χ1n) is 9.35. The average molecular weight is 417 g/mol. The van der Waals surface area contributed by atoms with Crippen molar-refractivity contribution in [3.8, 4) is 0 Å². The van der Waals surface area contributed by atoms with Gasteiger partial charge in [0.1, 0.15) is 0 Å². The lowest BCUT2D eigenvalue weighted by Gasteiger charge is -2.29. The van der Waals surface area contributed by atoms with E-state index in [1.165, 1.54) is 40.7 Å². The minimum Gasteiger partial charge on any atom is -0.322 e. The maximum absolute atomic E-state index is 13.0. The number of hydrogen-bond acceptors (Lipinski definition) is 5. The number of nitrogens with one attached hydrogen (secondary N) is 1. The largest absolute Gasteiger partial charge is 0.322 e. The first-order chi connectivity index (χ1) is 13.7. The first kappa shape index (κ1) is 20.9. The number of sulfonamides is 1. The fraction of sp³-hybridized carbons (Fsp3) is 0.350. The molecule has 154 valence electrons. The number of nitro groups is 1. The Kier molecular flexibility index (Phi) is 5.99. The maximum atomic E-state index is 13.0. The number of aryl methyl sites for hydroxylation is 1. The predicted molar refractivity (Wildman–Crippen MR) is 109 cm³/mol. The van der Waals surface area contributed by atoms with Crippen molar-refractivity contribution < 1.29 is 18.1 Å². The third-order valence-corrected chi connectivity index (χ3v) is 7.04. The zero-order valence-electron chi connectivity index (χ0n) is 16.3. The van der Waals surface area contributed by atoms with E-state index in [0.29, 0.717) is 24.6 Å². The zero-order chi connectivity index (χ0) is 21.2. The van der Waals surface area contributed by atoms with Gasteiger partial charge in [-0.15, -0.1) is 0 Å². The van der Waals surface area contributed by atoms with E-state index >= 15 is 0 Å². The van der Waals surface area contributed by atoms with Gasteiger partial charge in [0.05, 0.1) is 9.82 Å². The Hall–Kier alpha value is -2.78. The molecular formula is C20H23N3O5S. The first-order valence-corrected chi connectivity index (χ1v) is 10.8. The van der Waals surface area contributed by atoms with Gasteiger partial charge in [0.25, 0.3) is 11.6 Å². The Labute approximate surface area is 169 Å². The molecule has 8 nitrogen and oxygen atoms in total. The number of nitrogens with zero attached hydrogens (tertiary/aromatic N) is 2. The number of hydrogen-bond donors (Lipinski definition) is 1. The van der Waals surface area contributed by atoms with Gasteiger partial charge in [-0.05, 0) is 49.4 Å². The van der Waals surface area contributed by atoms with Crippen molar-refractivity contribution in [2.24, 2.45) is 5.92 Å². The topological polar surface area (TPSA) is 110 Å². The van der Waals surface area contributed by atoms with E-state index in [1.807, 2.05) is 0 Å². The minimum atomic E-state index is -3.69. The second kappa shape index (κ2) is 8.30. The van der Waals surface area contributed by atoms with Gasteiger partial charge in [0.15, 0.2) is 0 Å². The summed E-state index contributed by atoms with van der Waals surface area (Å²) >= 11 is 0. The second-order valence-corrected chi connectivity index (χ2v) is 9.26. The van der Waals surface area contributed by atoms with Crippen molar-refractivity contribution in [3.63, 3.8) is 0 Å². The monoisotopic (exact) mass is 417 g/mol. The van der Waals surface area contributed by atoms with Gasteiger partial charge in [0, 0.05) is 36.5 Å². The lowest BCUT2D eigenvalue weighted by Crippen LogP contribution is -2.38. The van der Waals surface area contributed by atoms with Crippen molar-refractivity contribution in [1.29, 1.82) is 0 Å². The van der Waals surface area contributed by atoms with Crippen LogP contribution in [0.3, 0.4) is 0 Å². The van der Waals surface area contributed by atoms with Crippen molar-refractivity contribution in [3.05, 3.63) is 63.7 Å². The summed E-state index contributed by atoms with van der Waals surface area (Å²) in [5.41, 5.74) is 0.944. The summed E-state index contributed by atoms with van der Waals surface area (Å²) in [5.74, 6) is -0.0250. The zero-order valence-corrected chi connectivity index (χ0v) is 17.1. The molecule has 1 heterocycles. The van der Waals surface area contributed by atoms with Gasteiger partial charge >= 0.3 is 0 Å². The van der Waals surface area contributed by atoms with Gasteiger partial charge in [-0.25, -0.2) is 8.42 Å². The van der Waals surface area contributed by atoms with Crippen molar-refractivity contribution in [2.45, 2.75) is 31.6 Å². The number of amides is 1. The van der Waals surface area contributed by atoms with Crippen LogP contribution in [0.4, 0.5) is 11.4 Å². The highest BCUT2D eigenvalue weighted by Gasteiger charge is 2.29. The lowest BCUT2D eigenvalue weighted by molar-refractivity contribution is -0.384. The van der Waals surface area contributed by atoms with Crippen molar-refractivity contribution >= 4 is 27.3 Å². The van der Waals surface area contributed by atoms with Crippen molar-refractivity contribution in [1.82, 2.24) is 4.31 Å². The van der Waals surface area contributed by atoms with Gasteiger partial charge in [-0.2, -0.15) is 4.31 Å². The normalized spacial score (nSPS) is 15.8. The number of rotatable bonds is 5. The second-order valence-electron chi connectivity index (χ2n) is 7.32. The smallest absolute Gasteiger partial charge is 0.271 e. The van der Waals surface area contributed by atoms with Gasteiger partial charge < -0.3 is 5.32 Å². The Balaban J connectivity index is 1.86. The quantitative estimate of drug-likeness (QED) is 0.591. The predicted octanol–water partition coefficient (Wildman–Crippen LogP) is 3.58. The van der Waals surface area contributed by atoms with Crippen LogP contribution in [0.15, 0.2) is 47.4 Å². The van der Waals surface area contributed by atoms with Crippen LogP contribution in [0.2, 0.25) is 0 Å². The molecule has 29 heavy (non-hydrogen) atoms. The maximum Gasteiger partial charge on any atom is 0.271 e. The molecule has 1 amide bonds. The summed E-state index contributed by atoms with van der Waals surface area (Å²) in [6.07, 6.45) is 1.62. The van der Waals surface area contributed by atoms with Gasteiger partial charge in [0.2, 0.25) is 10.0 Å². The Morgan fingerprint density at radius 2 is 1.86 bits per heavy atom. The number of piperidine rings is 1. The summed E-state index contributed by atoms with van der Waals surface area (Å²) in [4.78, 5) is 23.2. The minimum absolute atomic E-state index is 0.0712. The van der Waals surface area contributed by atoms with Crippen LogP contribution in [-0.2, 0) is 10.0 Å². The molecule has 1 aliphatic rings. The van der Waals surface area contributed by atoms with E-state index in [1.54, 1.807) is 13.0 Å². The number of carbonyl (C=O) groups is 1. The van der Waals surface area contributed by atoms with Crippen molar-refractivity contribution in [2.75, 3.05) is 18.4 Å². The summed E-state index contributed by atoms with van der Waals surface area (Å²) in [6.45, 7) is 4.74. The molecule has 3 rings (SSSR count). The Morgan fingerprint density at radius 1 is 1.17 bits per heavy atom. The third-order valence-electron chi connectivity index (χ3n) is 5.15. The molecule has 1 saturated heterocycles. The highest BCUT2D eigenvalue weighted by atomic mass is 32.2. The summed E-state index contributed by atoms with van der Waals surface area (Å²) in [6, 6.07) is 10.1. The summed E-state index contributed by atoms with van der Waals surface area (Å²) in [7, 11) is -3.69. The number of benzene rings is 2.